The Kier molecular flexibility index (Phi) is 2.19. The molecule has 1 N–H and O–H groups in total. The number of nitrogens with zero attached hydrogens (tertiary/aromatic N) is 1. The number of hydrogen-bond donors (Lipinski definition) is 1. The fraction of sp³-hybridized carbons (Fsp3) is 0.500. The molecular formula is C8H11NO2. The zero-order valence-electron chi connectivity index (χ0n) is 6.29. The van der Waals surface area contributed by atoms with Crippen LogP contribution >= 0.6 is 0 Å². The van der Waals surface area contributed by atoms with Crippen molar-refractivity contribution in [3.63, 3.8) is 0 Å². The van der Waals surface area contributed by atoms with Crippen molar-refractivity contribution in [3.8, 4) is 0 Å². The van der Waals surface area contributed by atoms with Crippen molar-refractivity contribution < 1.29 is 5.11 Å². The normalized spacial score (nSPS) is 32.1. The van der Waals surface area contributed by atoms with E-state index in [0.717, 1.165) is 5.57 Å². The Morgan fingerprint density at radius 1 is 1.55 bits per heavy atom. The molecule has 0 bridgehead atoms. The van der Waals surface area contributed by atoms with Gasteiger partial charge in [-0.3, -0.25) is 0 Å². The first-order valence-electron chi connectivity index (χ1n) is 3.52. The number of hydrogen-bond acceptors (Lipinski definition) is 3. The number of rotatable bonds is 1. The Morgan fingerprint density at radius 3 is 2.73 bits per heavy atom. The molecule has 1 aliphatic rings. The molecule has 3 heteroatoms. The molecule has 0 spiro atoms. The molecule has 1 rings (SSSR count). The maximum Gasteiger partial charge on any atom is 0.119 e. The minimum atomic E-state index is -0.476. The Labute approximate surface area is 65.4 Å². The van der Waals surface area contributed by atoms with E-state index in [0.29, 0.717) is 18.4 Å². The van der Waals surface area contributed by atoms with E-state index < -0.39 is 12.1 Å². The van der Waals surface area contributed by atoms with Crippen LogP contribution in [0.4, 0.5) is 0 Å². The van der Waals surface area contributed by atoms with Gasteiger partial charge in [0.15, 0.2) is 0 Å². The summed E-state index contributed by atoms with van der Waals surface area (Å²) in [7, 11) is 0. The van der Waals surface area contributed by atoms with Crippen LogP contribution in [-0.2, 0) is 0 Å². The monoisotopic (exact) mass is 153 g/mol. The van der Waals surface area contributed by atoms with Gasteiger partial charge in [-0.1, -0.05) is 18.3 Å². The predicted molar refractivity (Wildman–Crippen MR) is 43.1 cm³/mol. The van der Waals surface area contributed by atoms with E-state index >= 15 is 0 Å². The highest BCUT2D eigenvalue weighted by atomic mass is 16.3. The maximum absolute atomic E-state index is 10.2. The number of nitroso groups, excluding NO2 is 1. The van der Waals surface area contributed by atoms with E-state index in [1.165, 1.54) is 0 Å². The summed E-state index contributed by atoms with van der Waals surface area (Å²) in [5, 5.41) is 12.1. The summed E-state index contributed by atoms with van der Waals surface area (Å²) in [6, 6.07) is -0.466. The molecule has 0 aromatic heterocycles. The zero-order chi connectivity index (χ0) is 8.43. The molecule has 60 valence electrons. The lowest BCUT2D eigenvalue weighted by Gasteiger charge is -2.24. The molecule has 0 aromatic carbocycles. The average molecular weight is 153 g/mol. The highest BCUT2D eigenvalue weighted by Crippen LogP contribution is 2.28. The Bertz CT molecular complexity index is 210. The minimum absolute atomic E-state index is 0.390. The van der Waals surface area contributed by atoms with E-state index in [9.17, 15) is 10.0 Å². The van der Waals surface area contributed by atoms with Crippen LogP contribution in [0.25, 0.3) is 0 Å². The van der Waals surface area contributed by atoms with Gasteiger partial charge in [0, 0.05) is 6.42 Å². The van der Waals surface area contributed by atoms with E-state index in [1.807, 2.05) is 0 Å². The van der Waals surface area contributed by atoms with Crippen molar-refractivity contribution >= 4 is 0 Å². The molecular weight excluding hydrogens is 142 g/mol. The molecule has 2 atom stereocenters. The first kappa shape index (κ1) is 8.14. The van der Waals surface area contributed by atoms with Crippen LogP contribution < -0.4 is 0 Å². The van der Waals surface area contributed by atoms with Crippen LogP contribution in [0.5, 0.6) is 0 Å². The largest absolute Gasteiger partial charge is 0.393 e. The molecule has 0 amide bonds. The van der Waals surface area contributed by atoms with Crippen molar-refractivity contribution in [2.45, 2.75) is 25.0 Å². The second-order valence-corrected chi connectivity index (χ2v) is 2.84. The van der Waals surface area contributed by atoms with Crippen LogP contribution in [0.2, 0.25) is 0 Å². The van der Waals surface area contributed by atoms with Crippen molar-refractivity contribution in [2.75, 3.05) is 0 Å². The Hall–Kier alpha value is -0.960. The SMILES string of the molecule is C=C1C[C@@H](O)C[C@H](N=O)C1=C. The summed E-state index contributed by atoms with van der Waals surface area (Å²) in [5.41, 5.74) is 1.42. The van der Waals surface area contributed by atoms with E-state index in [2.05, 4.69) is 18.3 Å². The van der Waals surface area contributed by atoms with Gasteiger partial charge in [0.1, 0.15) is 6.04 Å². The van der Waals surface area contributed by atoms with Gasteiger partial charge in [-0.05, 0) is 17.6 Å². The molecule has 0 aromatic rings. The van der Waals surface area contributed by atoms with Gasteiger partial charge in [0.25, 0.3) is 0 Å². The van der Waals surface area contributed by atoms with Gasteiger partial charge in [-0.15, -0.1) is 0 Å². The second kappa shape index (κ2) is 2.96. The van der Waals surface area contributed by atoms with Crippen molar-refractivity contribution in [3.05, 3.63) is 29.2 Å². The standard InChI is InChI=1S/C8H11NO2/c1-5-3-7(10)4-8(9-11)6(5)2/h7-8,10H,1-4H2/t7-,8+/m1/s1. The van der Waals surface area contributed by atoms with Crippen LogP contribution in [0, 0.1) is 4.91 Å². The Balaban J connectivity index is 2.74. The summed E-state index contributed by atoms with van der Waals surface area (Å²) in [6.45, 7) is 7.36. The summed E-state index contributed by atoms with van der Waals surface area (Å²) in [4.78, 5) is 10.2. The molecule has 3 nitrogen and oxygen atoms in total. The average Bonchev–Trinajstić information content (AvgIpc) is 1.96. The topological polar surface area (TPSA) is 49.7 Å². The molecule has 0 aliphatic heterocycles. The van der Waals surface area contributed by atoms with Crippen LogP contribution in [-0.4, -0.2) is 17.3 Å². The van der Waals surface area contributed by atoms with Crippen molar-refractivity contribution in [1.82, 2.24) is 0 Å². The molecule has 11 heavy (non-hydrogen) atoms. The maximum atomic E-state index is 10.2. The molecule has 0 radical (unpaired) electrons. The quantitative estimate of drug-likeness (QED) is 0.578. The van der Waals surface area contributed by atoms with Crippen LogP contribution in [0.3, 0.4) is 0 Å². The summed E-state index contributed by atoms with van der Waals surface area (Å²) in [5.74, 6) is 0. The molecule has 0 saturated heterocycles. The fourth-order valence-corrected chi connectivity index (χ4v) is 1.24. The smallest absolute Gasteiger partial charge is 0.119 e. The predicted octanol–water partition coefficient (Wildman–Crippen LogP) is 1.39. The van der Waals surface area contributed by atoms with E-state index in [1.54, 1.807) is 0 Å². The van der Waals surface area contributed by atoms with E-state index in [4.69, 9.17) is 0 Å². The number of aliphatic hydroxyl groups excluding tert-OH is 1. The van der Waals surface area contributed by atoms with Crippen LogP contribution in [0.15, 0.2) is 29.5 Å². The summed E-state index contributed by atoms with van der Waals surface area (Å²) >= 11 is 0. The van der Waals surface area contributed by atoms with Gasteiger partial charge in [0.2, 0.25) is 0 Å². The van der Waals surface area contributed by atoms with Gasteiger partial charge >= 0.3 is 0 Å². The second-order valence-electron chi connectivity index (χ2n) is 2.84. The zero-order valence-corrected chi connectivity index (χ0v) is 6.29. The third-order valence-electron chi connectivity index (χ3n) is 1.96. The molecule has 0 unspecified atom stereocenters. The highest BCUT2D eigenvalue weighted by Gasteiger charge is 2.26. The van der Waals surface area contributed by atoms with E-state index in [-0.39, 0.29) is 0 Å². The van der Waals surface area contributed by atoms with Gasteiger partial charge in [0.05, 0.1) is 6.10 Å². The molecule has 1 aliphatic carbocycles. The molecule has 1 saturated carbocycles. The number of aliphatic hydroxyl groups is 1. The van der Waals surface area contributed by atoms with Crippen LogP contribution in [0.1, 0.15) is 12.8 Å². The van der Waals surface area contributed by atoms with Gasteiger partial charge in [-0.25, -0.2) is 0 Å². The lowest BCUT2D eigenvalue weighted by atomic mass is 9.86. The lowest BCUT2D eigenvalue weighted by molar-refractivity contribution is 0.152. The van der Waals surface area contributed by atoms with Gasteiger partial charge in [-0.2, -0.15) is 4.91 Å². The summed E-state index contributed by atoms with van der Waals surface area (Å²) in [6.07, 6.45) is 0.433. The molecule has 0 heterocycles. The molecule has 1 fully saturated rings. The summed E-state index contributed by atoms with van der Waals surface area (Å²) < 4.78 is 0. The Morgan fingerprint density at radius 2 is 2.18 bits per heavy atom. The van der Waals surface area contributed by atoms with Crippen molar-refractivity contribution in [1.29, 1.82) is 0 Å². The highest BCUT2D eigenvalue weighted by molar-refractivity contribution is 5.33. The third-order valence-corrected chi connectivity index (χ3v) is 1.96. The first-order chi connectivity index (χ1) is 5.15. The fourth-order valence-electron chi connectivity index (χ4n) is 1.24. The lowest BCUT2D eigenvalue weighted by Crippen LogP contribution is -2.25. The third kappa shape index (κ3) is 1.54. The first-order valence-corrected chi connectivity index (χ1v) is 3.52. The van der Waals surface area contributed by atoms with Crippen molar-refractivity contribution in [2.24, 2.45) is 5.18 Å². The minimum Gasteiger partial charge on any atom is -0.393 e. The van der Waals surface area contributed by atoms with Gasteiger partial charge < -0.3 is 5.11 Å².